The van der Waals surface area contributed by atoms with Gasteiger partial charge < -0.3 is 30.2 Å². The Balaban J connectivity index is 1.73. The number of alkyl carbamates (subject to hydrolysis) is 1. The lowest BCUT2D eigenvalue weighted by Crippen LogP contribution is -2.41. The molecule has 1 heterocycles. The third-order valence-electron chi connectivity index (χ3n) is 6.66. The summed E-state index contributed by atoms with van der Waals surface area (Å²) in [5.74, 6) is 0.367. The Bertz CT molecular complexity index is 1040. The Morgan fingerprint density at radius 3 is 2.76 bits per heavy atom. The molecule has 9 heteroatoms. The Labute approximate surface area is 224 Å². The summed E-state index contributed by atoms with van der Waals surface area (Å²) in [6, 6.07) is 11.5. The predicted molar refractivity (Wildman–Crippen MR) is 145 cm³/mol. The number of methoxy groups -OCH3 is 1. The minimum atomic E-state index is -0.502. The molecule has 3 N–H and O–H groups in total. The molecular formula is C28H38ClN3O5. The molecule has 8 nitrogen and oxygen atoms in total. The van der Waals surface area contributed by atoms with E-state index in [9.17, 15) is 9.59 Å². The highest BCUT2D eigenvalue weighted by Gasteiger charge is 2.20. The van der Waals surface area contributed by atoms with E-state index in [1.807, 2.05) is 50.4 Å². The van der Waals surface area contributed by atoms with Gasteiger partial charge in [0, 0.05) is 42.9 Å². The van der Waals surface area contributed by atoms with E-state index in [0.29, 0.717) is 42.8 Å². The molecule has 2 atom stereocenters. The van der Waals surface area contributed by atoms with Crippen molar-refractivity contribution in [1.29, 1.82) is 0 Å². The molecule has 1 saturated heterocycles. The third-order valence-corrected chi connectivity index (χ3v) is 6.90. The predicted octanol–water partition coefficient (Wildman–Crippen LogP) is 4.32. The summed E-state index contributed by atoms with van der Waals surface area (Å²) in [6.07, 6.45) is 2.70. The van der Waals surface area contributed by atoms with Gasteiger partial charge in [0.05, 0.1) is 20.3 Å². The number of benzene rings is 2. The van der Waals surface area contributed by atoms with E-state index in [0.717, 1.165) is 54.7 Å². The second kappa shape index (κ2) is 14.9. The van der Waals surface area contributed by atoms with Gasteiger partial charge in [-0.05, 0) is 85.7 Å². The number of hydrogen-bond donors (Lipinski definition) is 3. The Morgan fingerprint density at radius 2 is 2.05 bits per heavy atom. The molecule has 37 heavy (non-hydrogen) atoms. The summed E-state index contributed by atoms with van der Waals surface area (Å²) in [5.41, 5.74) is 4.31. The van der Waals surface area contributed by atoms with Gasteiger partial charge in [-0.1, -0.05) is 23.7 Å². The van der Waals surface area contributed by atoms with Gasteiger partial charge in [0.15, 0.2) is 0 Å². The molecule has 2 amide bonds. The number of halogens is 1. The van der Waals surface area contributed by atoms with Gasteiger partial charge in [-0.2, -0.15) is 0 Å². The van der Waals surface area contributed by atoms with E-state index in [-0.39, 0.29) is 11.9 Å². The van der Waals surface area contributed by atoms with Gasteiger partial charge in [-0.3, -0.25) is 4.79 Å². The van der Waals surface area contributed by atoms with Gasteiger partial charge in [0.1, 0.15) is 0 Å². The van der Waals surface area contributed by atoms with E-state index < -0.39 is 6.09 Å². The van der Waals surface area contributed by atoms with E-state index in [4.69, 9.17) is 21.1 Å². The summed E-state index contributed by atoms with van der Waals surface area (Å²) in [6.45, 7) is 5.09. The number of likely N-dealkylation sites (N-methyl/N-ethyl adjacent to an activating group) is 1. The first-order valence-corrected chi connectivity index (χ1v) is 13.1. The van der Waals surface area contributed by atoms with Gasteiger partial charge in [-0.25, -0.2) is 4.79 Å². The fraction of sp³-hybridized carbons (Fsp3) is 0.500. The normalized spacial score (nSPS) is 16.2. The maximum atomic E-state index is 13.3. The largest absolute Gasteiger partial charge is 0.453 e. The first kappa shape index (κ1) is 28.9. The minimum absolute atomic E-state index is 0.142. The van der Waals surface area contributed by atoms with Crippen LogP contribution in [0.25, 0.3) is 11.1 Å². The highest BCUT2D eigenvalue weighted by molar-refractivity contribution is 6.30. The second-order valence-electron chi connectivity index (χ2n) is 9.30. The molecule has 2 aromatic carbocycles. The molecule has 0 aliphatic carbocycles. The lowest BCUT2D eigenvalue weighted by atomic mass is 9.93. The van der Waals surface area contributed by atoms with E-state index in [2.05, 4.69) is 20.7 Å². The van der Waals surface area contributed by atoms with Crippen LogP contribution in [0.5, 0.6) is 0 Å². The molecule has 1 aliphatic heterocycles. The molecular weight excluding hydrogens is 494 g/mol. The number of ether oxygens (including phenoxy) is 3. The van der Waals surface area contributed by atoms with E-state index >= 15 is 0 Å². The quantitative estimate of drug-likeness (QED) is 0.353. The van der Waals surface area contributed by atoms with E-state index in [1.165, 1.54) is 7.11 Å². The lowest BCUT2D eigenvalue weighted by molar-refractivity contribution is 0.0478. The van der Waals surface area contributed by atoms with Crippen LogP contribution in [-0.4, -0.2) is 65.1 Å². The zero-order valence-electron chi connectivity index (χ0n) is 21.9. The number of carbonyl (C=O) groups is 2. The van der Waals surface area contributed by atoms with Crippen molar-refractivity contribution in [3.8, 4) is 11.1 Å². The number of amides is 2. The molecule has 202 valence electrons. The second-order valence-corrected chi connectivity index (χ2v) is 9.74. The number of hydrogen-bond acceptors (Lipinski definition) is 6. The summed E-state index contributed by atoms with van der Waals surface area (Å²) in [5, 5.41) is 9.65. The maximum absolute atomic E-state index is 13.3. The molecule has 3 rings (SSSR count). The molecule has 0 radical (unpaired) electrons. The fourth-order valence-corrected chi connectivity index (χ4v) is 4.70. The van der Waals surface area contributed by atoms with Crippen LogP contribution in [0.3, 0.4) is 0 Å². The fourth-order valence-electron chi connectivity index (χ4n) is 4.51. The molecule has 2 aromatic rings. The molecule has 0 saturated carbocycles. The van der Waals surface area contributed by atoms with Crippen molar-refractivity contribution >= 4 is 23.6 Å². The van der Waals surface area contributed by atoms with E-state index in [1.54, 1.807) is 0 Å². The summed E-state index contributed by atoms with van der Waals surface area (Å²) in [4.78, 5) is 24.5. The van der Waals surface area contributed by atoms with Gasteiger partial charge >= 0.3 is 6.09 Å². The topological polar surface area (TPSA) is 97.9 Å². The summed E-state index contributed by atoms with van der Waals surface area (Å²) < 4.78 is 16.0. The Kier molecular flexibility index (Phi) is 11.7. The molecule has 0 spiro atoms. The SMILES string of the molecule is CNC(CNC(=O)c1cc(COCCNC(=O)OC)c(C)c(-c2cccc(Cl)c2)c1)CC1CCCOC1. The van der Waals surface area contributed by atoms with Crippen molar-refractivity contribution in [3.05, 3.63) is 58.1 Å². The van der Waals surface area contributed by atoms with Crippen molar-refractivity contribution < 1.29 is 23.8 Å². The van der Waals surface area contributed by atoms with Crippen LogP contribution in [0.15, 0.2) is 36.4 Å². The molecule has 2 unspecified atom stereocenters. The Hall–Kier alpha value is -2.65. The minimum Gasteiger partial charge on any atom is -0.453 e. The maximum Gasteiger partial charge on any atom is 0.406 e. The van der Waals surface area contributed by atoms with Crippen molar-refractivity contribution in [2.75, 3.05) is 47.1 Å². The molecule has 1 aliphatic rings. The highest BCUT2D eigenvalue weighted by Crippen LogP contribution is 2.30. The van der Waals surface area contributed by atoms with Crippen LogP contribution < -0.4 is 16.0 Å². The van der Waals surface area contributed by atoms with Crippen molar-refractivity contribution in [2.45, 2.75) is 38.8 Å². The van der Waals surface area contributed by atoms with Crippen LogP contribution >= 0.6 is 11.6 Å². The molecule has 0 bridgehead atoms. The highest BCUT2D eigenvalue weighted by atomic mass is 35.5. The van der Waals surface area contributed by atoms with Crippen LogP contribution in [0.4, 0.5) is 4.79 Å². The Morgan fingerprint density at radius 1 is 1.22 bits per heavy atom. The van der Waals surface area contributed by atoms with Gasteiger partial charge in [0.25, 0.3) is 5.91 Å². The smallest absolute Gasteiger partial charge is 0.406 e. The van der Waals surface area contributed by atoms with Crippen molar-refractivity contribution in [1.82, 2.24) is 16.0 Å². The average Bonchev–Trinajstić information content (AvgIpc) is 2.91. The van der Waals surface area contributed by atoms with Crippen molar-refractivity contribution in [2.24, 2.45) is 5.92 Å². The van der Waals surface area contributed by atoms with Crippen molar-refractivity contribution in [3.63, 3.8) is 0 Å². The standard InChI is InChI=1S/C28H38ClN3O5/c1-19-23(18-37-11-9-31-28(34)35-3)13-22(15-26(19)21-7-4-8-24(29)14-21)27(33)32-16-25(30-2)12-20-6-5-10-36-17-20/h4,7-8,13-15,20,25,30H,5-6,9-12,16-18H2,1-3H3,(H,31,34)(H,32,33). The van der Waals surface area contributed by atoms with Gasteiger partial charge in [0.2, 0.25) is 0 Å². The number of rotatable bonds is 12. The monoisotopic (exact) mass is 531 g/mol. The third kappa shape index (κ3) is 9.00. The summed E-state index contributed by atoms with van der Waals surface area (Å²) >= 11 is 6.26. The first-order valence-electron chi connectivity index (χ1n) is 12.7. The van der Waals surface area contributed by atoms with Gasteiger partial charge in [-0.15, -0.1) is 0 Å². The number of carbonyl (C=O) groups excluding carboxylic acids is 2. The zero-order valence-corrected chi connectivity index (χ0v) is 22.7. The average molecular weight is 532 g/mol. The molecule has 1 fully saturated rings. The van der Waals surface area contributed by atoms with Crippen LogP contribution in [0.1, 0.15) is 40.7 Å². The summed E-state index contributed by atoms with van der Waals surface area (Å²) in [7, 11) is 3.24. The van der Waals surface area contributed by atoms with Crippen LogP contribution in [0, 0.1) is 12.8 Å². The van der Waals surface area contributed by atoms with Crippen LogP contribution in [0.2, 0.25) is 5.02 Å². The number of nitrogens with one attached hydrogen (secondary N) is 3. The zero-order chi connectivity index (χ0) is 26.6. The molecule has 0 aromatic heterocycles. The van der Waals surface area contributed by atoms with Crippen LogP contribution in [-0.2, 0) is 20.8 Å². The lowest BCUT2D eigenvalue weighted by Gasteiger charge is -2.26. The first-order chi connectivity index (χ1) is 17.9.